The Kier molecular flexibility index (Phi) is 4.19. The van der Waals surface area contributed by atoms with Gasteiger partial charge in [-0.2, -0.15) is 5.26 Å². The molecule has 0 saturated carbocycles. The third-order valence-corrected chi connectivity index (χ3v) is 3.56. The third kappa shape index (κ3) is 2.57. The van der Waals surface area contributed by atoms with Crippen LogP contribution in [-0.4, -0.2) is 12.1 Å². The van der Waals surface area contributed by atoms with Gasteiger partial charge in [0.25, 0.3) is 0 Å². The van der Waals surface area contributed by atoms with Gasteiger partial charge >= 0.3 is 0 Å². The molecule has 2 rings (SSSR count). The van der Waals surface area contributed by atoms with E-state index in [-0.39, 0.29) is 21.2 Å². The van der Waals surface area contributed by atoms with Crippen molar-refractivity contribution in [3.63, 3.8) is 0 Å². The number of ketones is 1. The number of rotatable bonds is 3. The minimum Gasteiger partial charge on any atom is -0.298 e. The highest BCUT2D eigenvalue weighted by molar-refractivity contribution is 6.44. The van der Waals surface area contributed by atoms with Crippen molar-refractivity contribution in [3.05, 3.63) is 68.7 Å². The van der Waals surface area contributed by atoms with Crippen LogP contribution in [0.2, 0.25) is 10.0 Å². The molecule has 0 unspecified atom stereocenters. The maximum atomic E-state index is 12.4. The number of hydrogen-bond donors (Lipinski definition) is 0. The maximum Gasteiger partial charge on any atom is 0.195 e. The normalized spacial score (nSPS) is 9.85. The number of benzene rings is 2. The molecule has 2 aromatic rings. The zero-order chi connectivity index (χ0) is 14.7. The topological polar surface area (TPSA) is 57.9 Å². The second-order valence-corrected chi connectivity index (χ2v) is 4.75. The zero-order valence-electron chi connectivity index (χ0n) is 10.1. The fraction of sp³-hybridized carbons (Fsp3) is 0. The number of nitrogens with zero attached hydrogens (tertiary/aromatic N) is 1. The summed E-state index contributed by atoms with van der Waals surface area (Å²) in [6.45, 7) is 0. The van der Waals surface area contributed by atoms with Crippen molar-refractivity contribution in [1.29, 1.82) is 5.26 Å². The molecule has 0 atom stereocenters. The molecule has 0 saturated heterocycles. The number of carbonyl (C=O) groups excluding carboxylic acids is 2. The summed E-state index contributed by atoms with van der Waals surface area (Å²) in [5.74, 6) is -0.413. The molecule has 2 aromatic carbocycles. The minimum atomic E-state index is -0.413. The predicted molar refractivity (Wildman–Crippen MR) is 76.4 cm³/mol. The van der Waals surface area contributed by atoms with Crippen LogP contribution in [0.3, 0.4) is 0 Å². The summed E-state index contributed by atoms with van der Waals surface area (Å²) in [5, 5.41) is 8.98. The number of hydrogen-bond acceptors (Lipinski definition) is 3. The number of nitriles is 1. The lowest BCUT2D eigenvalue weighted by molar-refractivity contribution is 0.102. The van der Waals surface area contributed by atoms with Crippen LogP contribution < -0.4 is 0 Å². The molecule has 0 fully saturated rings. The first-order valence-electron chi connectivity index (χ1n) is 5.56. The molecule has 0 aromatic heterocycles. The Morgan fingerprint density at radius 3 is 2.30 bits per heavy atom. The van der Waals surface area contributed by atoms with Crippen molar-refractivity contribution in [2.45, 2.75) is 0 Å². The largest absolute Gasteiger partial charge is 0.298 e. The van der Waals surface area contributed by atoms with Crippen LogP contribution >= 0.6 is 23.2 Å². The first kappa shape index (κ1) is 14.3. The van der Waals surface area contributed by atoms with Crippen LogP contribution in [0.4, 0.5) is 0 Å². The second kappa shape index (κ2) is 5.87. The highest BCUT2D eigenvalue weighted by atomic mass is 35.5. The Labute approximate surface area is 125 Å². The van der Waals surface area contributed by atoms with Crippen molar-refractivity contribution in [2.24, 2.45) is 0 Å². The standard InChI is InChI=1S/C15H7Cl2NO2/c16-12-6-5-11(8-19)13(14(12)17)15(20)10-3-1-9(7-18)2-4-10/h1-6,8H. The molecule has 0 radical (unpaired) electrons. The van der Waals surface area contributed by atoms with E-state index in [9.17, 15) is 9.59 Å². The molecule has 0 heterocycles. The van der Waals surface area contributed by atoms with Gasteiger partial charge in [0, 0.05) is 11.1 Å². The van der Waals surface area contributed by atoms with Gasteiger partial charge in [-0.25, -0.2) is 0 Å². The van der Waals surface area contributed by atoms with Crippen LogP contribution in [0, 0.1) is 11.3 Å². The molecule has 0 aliphatic rings. The van der Waals surface area contributed by atoms with Gasteiger partial charge in [0.1, 0.15) is 0 Å². The number of aldehydes is 1. The molecule has 5 heteroatoms. The monoisotopic (exact) mass is 303 g/mol. The summed E-state index contributed by atoms with van der Waals surface area (Å²) in [5.41, 5.74) is 1.01. The van der Waals surface area contributed by atoms with Gasteiger partial charge in [-0.05, 0) is 36.4 Å². The van der Waals surface area contributed by atoms with Crippen molar-refractivity contribution >= 4 is 35.3 Å². The van der Waals surface area contributed by atoms with Crippen LogP contribution in [0.5, 0.6) is 0 Å². The lowest BCUT2D eigenvalue weighted by atomic mass is 9.98. The van der Waals surface area contributed by atoms with E-state index in [1.54, 1.807) is 0 Å². The Morgan fingerprint density at radius 2 is 1.75 bits per heavy atom. The first-order valence-corrected chi connectivity index (χ1v) is 6.32. The van der Waals surface area contributed by atoms with Crippen molar-refractivity contribution < 1.29 is 9.59 Å². The smallest absolute Gasteiger partial charge is 0.195 e. The Bertz CT molecular complexity index is 731. The molecule has 0 bridgehead atoms. The highest BCUT2D eigenvalue weighted by Gasteiger charge is 2.19. The van der Waals surface area contributed by atoms with E-state index in [0.717, 1.165) is 0 Å². The van der Waals surface area contributed by atoms with Crippen molar-refractivity contribution in [3.8, 4) is 6.07 Å². The van der Waals surface area contributed by atoms with E-state index in [0.29, 0.717) is 17.4 Å². The quantitative estimate of drug-likeness (QED) is 0.638. The molecule has 0 aliphatic heterocycles. The van der Waals surface area contributed by atoms with E-state index in [4.69, 9.17) is 28.5 Å². The van der Waals surface area contributed by atoms with Crippen LogP contribution in [0.25, 0.3) is 0 Å². The molecule has 0 aliphatic carbocycles. The molecular formula is C15H7Cl2NO2. The SMILES string of the molecule is N#Cc1ccc(C(=O)c2c(C=O)ccc(Cl)c2Cl)cc1. The zero-order valence-corrected chi connectivity index (χ0v) is 11.6. The summed E-state index contributed by atoms with van der Waals surface area (Å²) in [6, 6.07) is 10.9. The van der Waals surface area contributed by atoms with Gasteiger partial charge in [0.2, 0.25) is 0 Å². The molecule has 20 heavy (non-hydrogen) atoms. The molecule has 98 valence electrons. The predicted octanol–water partition coefficient (Wildman–Crippen LogP) is 3.91. The highest BCUT2D eigenvalue weighted by Crippen LogP contribution is 2.30. The van der Waals surface area contributed by atoms with Gasteiger partial charge in [0.15, 0.2) is 12.1 Å². The lowest BCUT2D eigenvalue weighted by Crippen LogP contribution is -2.06. The van der Waals surface area contributed by atoms with Crippen LogP contribution in [0.15, 0.2) is 36.4 Å². The van der Waals surface area contributed by atoms with E-state index in [1.807, 2.05) is 6.07 Å². The summed E-state index contributed by atoms with van der Waals surface area (Å²) >= 11 is 11.9. The van der Waals surface area contributed by atoms with Gasteiger partial charge in [-0.3, -0.25) is 9.59 Å². The van der Waals surface area contributed by atoms with Gasteiger partial charge < -0.3 is 0 Å². The Morgan fingerprint density at radius 1 is 1.10 bits per heavy atom. The van der Waals surface area contributed by atoms with Gasteiger partial charge in [-0.15, -0.1) is 0 Å². The molecule has 0 spiro atoms. The third-order valence-electron chi connectivity index (χ3n) is 2.76. The minimum absolute atomic E-state index is 0.0469. The van der Waals surface area contributed by atoms with E-state index in [2.05, 4.69) is 0 Å². The second-order valence-electron chi connectivity index (χ2n) is 3.96. The van der Waals surface area contributed by atoms with Gasteiger partial charge in [0.05, 0.1) is 27.2 Å². The number of halogens is 2. The van der Waals surface area contributed by atoms with E-state index < -0.39 is 5.78 Å². The van der Waals surface area contributed by atoms with E-state index in [1.165, 1.54) is 36.4 Å². The number of carbonyl (C=O) groups is 2. The molecule has 0 N–H and O–H groups in total. The maximum absolute atomic E-state index is 12.4. The summed E-state index contributed by atoms with van der Waals surface area (Å²) in [6.07, 6.45) is 0.555. The van der Waals surface area contributed by atoms with Crippen molar-refractivity contribution in [2.75, 3.05) is 0 Å². The average Bonchev–Trinajstić information content (AvgIpc) is 2.49. The first-order chi connectivity index (χ1) is 9.58. The Balaban J connectivity index is 2.55. The van der Waals surface area contributed by atoms with E-state index >= 15 is 0 Å². The molecular weight excluding hydrogens is 297 g/mol. The fourth-order valence-electron chi connectivity index (χ4n) is 1.74. The van der Waals surface area contributed by atoms with Crippen molar-refractivity contribution in [1.82, 2.24) is 0 Å². The van der Waals surface area contributed by atoms with Crippen LogP contribution in [0.1, 0.15) is 31.8 Å². The summed E-state index contributed by atoms with van der Waals surface area (Å²) in [7, 11) is 0. The molecule has 3 nitrogen and oxygen atoms in total. The van der Waals surface area contributed by atoms with Gasteiger partial charge in [-0.1, -0.05) is 23.2 Å². The lowest BCUT2D eigenvalue weighted by Gasteiger charge is -2.08. The summed E-state index contributed by atoms with van der Waals surface area (Å²) in [4.78, 5) is 23.4. The fourth-order valence-corrected chi connectivity index (χ4v) is 2.15. The summed E-state index contributed by atoms with van der Waals surface area (Å²) < 4.78 is 0. The average molecular weight is 304 g/mol. The molecule has 0 amide bonds. The Hall–Kier alpha value is -2.15. The van der Waals surface area contributed by atoms with Crippen LogP contribution in [-0.2, 0) is 0 Å².